The van der Waals surface area contributed by atoms with Gasteiger partial charge in [0, 0.05) is 0 Å². The van der Waals surface area contributed by atoms with E-state index in [9.17, 15) is 4.79 Å². The normalized spacial score (nSPS) is 13.8. The number of nitrogens with one attached hydrogen (secondary N) is 1. The maximum Gasteiger partial charge on any atom is 0.228 e. The molecule has 0 aliphatic rings. The molecule has 0 saturated carbocycles. The molecule has 2 unspecified atom stereocenters. The van der Waals surface area contributed by atoms with Crippen LogP contribution in [0.15, 0.2) is 30.3 Å². The molecule has 1 aromatic carbocycles. The summed E-state index contributed by atoms with van der Waals surface area (Å²) in [5.74, 6) is -0.214. The fraction of sp³-hybridized carbons (Fsp3) is 0.429. The standard InChI is InChI=1S/C14H18N2O/c1-10(2)13(9-15)16-14(17)11(3)12-7-5-4-6-8-12/h4-8,10-11,13H,1-3H3,(H,16,17). The summed E-state index contributed by atoms with van der Waals surface area (Å²) in [6.07, 6.45) is 0. The lowest BCUT2D eigenvalue weighted by atomic mass is 9.99. The highest BCUT2D eigenvalue weighted by atomic mass is 16.1. The summed E-state index contributed by atoms with van der Waals surface area (Å²) in [6, 6.07) is 11.2. The summed E-state index contributed by atoms with van der Waals surface area (Å²) < 4.78 is 0. The zero-order valence-electron chi connectivity index (χ0n) is 10.5. The Morgan fingerprint density at radius 2 is 1.82 bits per heavy atom. The van der Waals surface area contributed by atoms with Gasteiger partial charge >= 0.3 is 0 Å². The van der Waals surface area contributed by atoms with Crippen molar-refractivity contribution in [2.75, 3.05) is 0 Å². The molecule has 3 heteroatoms. The van der Waals surface area contributed by atoms with Crippen LogP contribution in [-0.4, -0.2) is 11.9 Å². The predicted molar refractivity (Wildman–Crippen MR) is 67.2 cm³/mol. The van der Waals surface area contributed by atoms with Crippen LogP contribution in [0.3, 0.4) is 0 Å². The van der Waals surface area contributed by atoms with Gasteiger partial charge in [-0.25, -0.2) is 0 Å². The molecule has 1 N–H and O–H groups in total. The summed E-state index contributed by atoms with van der Waals surface area (Å²) in [5.41, 5.74) is 0.963. The van der Waals surface area contributed by atoms with E-state index < -0.39 is 6.04 Å². The van der Waals surface area contributed by atoms with E-state index in [0.717, 1.165) is 5.56 Å². The molecule has 17 heavy (non-hydrogen) atoms. The second kappa shape index (κ2) is 6.05. The van der Waals surface area contributed by atoms with Crippen molar-refractivity contribution in [2.24, 2.45) is 5.92 Å². The fourth-order valence-corrected chi connectivity index (χ4v) is 1.52. The van der Waals surface area contributed by atoms with Crippen molar-refractivity contribution >= 4 is 5.91 Å². The van der Waals surface area contributed by atoms with E-state index in [1.807, 2.05) is 51.1 Å². The van der Waals surface area contributed by atoms with Gasteiger partial charge in [0.05, 0.1) is 12.0 Å². The van der Waals surface area contributed by atoms with Gasteiger partial charge in [0.2, 0.25) is 5.91 Å². The quantitative estimate of drug-likeness (QED) is 0.863. The summed E-state index contributed by atoms with van der Waals surface area (Å²) in [5, 5.41) is 11.7. The molecule has 0 spiro atoms. The molecule has 0 fully saturated rings. The Bertz CT molecular complexity index is 406. The molecule has 2 atom stereocenters. The van der Waals surface area contributed by atoms with Crippen molar-refractivity contribution < 1.29 is 4.79 Å². The number of nitrogens with zero attached hydrogens (tertiary/aromatic N) is 1. The molecule has 3 nitrogen and oxygen atoms in total. The molecule has 0 saturated heterocycles. The van der Waals surface area contributed by atoms with Crippen LogP contribution in [0.4, 0.5) is 0 Å². The average Bonchev–Trinajstić information content (AvgIpc) is 2.35. The van der Waals surface area contributed by atoms with Crippen molar-refractivity contribution in [1.82, 2.24) is 5.32 Å². The van der Waals surface area contributed by atoms with Crippen LogP contribution < -0.4 is 5.32 Å². The summed E-state index contributed by atoms with van der Waals surface area (Å²) >= 11 is 0. The number of rotatable bonds is 4. The summed E-state index contributed by atoms with van der Waals surface area (Å²) in [7, 11) is 0. The van der Waals surface area contributed by atoms with Gasteiger partial charge in [-0.2, -0.15) is 5.26 Å². The number of hydrogen-bond donors (Lipinski definition) is 1. The van der Waals surface area contributed by atoms with Gasteiger partial charge in [0.15, 0.2) is 0 Å². The average molecular weight is 230 g/mol. The third-order valence-electron chi connectivity index (χ3n) is 2.80. The van der Waals surface area contributed by atoms with Crippen LogP contribution in [0.1, 0.15) is 32.3 Å². The van der Waals surface area contributed by atoms with Crippen LogP contribution in [0.2, 0.25) is 0 Å². The molecule has 0 aliphatic heterocycles. The molecular formula is C14H18N2O. The minimum absolute atomic E-state index is 0.101. The molecule has 0 bridgehead atoms. The minimum Gasteiger partial charge on any atom is -0.340 e. The van der Waals surface area contributed by atoms with E-state index in [2.05, 4.69) is 11.4 Å². The molecular weight excluding hydrogens is 212 g/mol. The first kappa shape index (κ1) is 13.2. The maximum absolute atomic E-state index is 12.0. The SMILES string of the molecule is CC(C(=O)NC(C#N)C(C)C)c1ccccc1. The third-order valence-corrected chi connectivity index (χ3v) is 2.80. The molecule has 0 heterocycles. The van der Waals surface area contributed by atoms with E-state index in [1.165, 1.54) is 0 Å². The van der Waals surface area contributed by atoms with Crippen molar-refractivity contribution in [3.63, 3.8) is 0 Å². The van der Waals surface area contributed by atoms with Gasteiger partial charge in [-0.3, -0.25) is 4.79 Å². The highest BCUT2D eigenvalue weighted by Gasteiger charge is 2.20. The Hall–Kier alpha value is -1.82. The van der Waals surface area contributed by atoms with Gasteiger partial charge < -0.3 is 5.32 Å². The van der Waals surface area contributed by atoms with Crippen molar-refractivity contribution in [2.45, 2.75) is 32.7 Å². The number of amides is 1. The van der Waals surface area contributed by atoms with Crippen molar-refractivity contribution in [3.05, 3.63) is 35.9 Å². The van der Waals surface area contributed by atoms with Crippen LogP contribution in [-0.2, 0) is 4.79 Å². The first-order valence-corrected chi connectivity index (χ1v) is 5.81. The Morgan fingerprint density at radius 3 is 2.29 bits per heavy atom. The zero-order chi connectivity index (χ0) is 12.8. The number of carbonyl (C=O) groups excluding carboxylic acids is 1. The molecule has 1 aromatic rings. The van der Waals surface area contributed by atoms with Gasteiger partial charge in [0.25, 0.3) is 0 Å². The van der Waals surface area contributed by atoms with E-state index in [1.54, 1.807) is 0 Å². The number of nitriles is 1. The highest BCUT2D eigenvalue weighted by molar-refractivity contribution is 5.83. The molecule has 1 rings (SSSR count). The van der Waals surface area contributed by atoms with E-state index in [-0.39, 0.29) is 17.7 Å². The smallest absolute Gasteiger partial charge is 0.228 e. The van der Waals surface area contributed by atoms with Crippen molar-refractivity contribution in [1.29, 1.82) is 5.26 Å². The van der Waals surface area contributed by atoms with Crippen LogP contribution in [0.5, 0.6) is 0 Å². The van der Waals surface area contributed by atoms with Gasteiger partial charge in [0.1, 0.15) is 6.04 Å². The molecule has 0 aliphatic carbocycles. The number of carbonyl (C=O) groups is 1. The molecule has 90 valence electrons. The summed E-state index contributed by atoms with van der Waals surface area (Å²) in [4.78, 5) is 12.0. The second-order valence-corrected chi connectivity index (χ2v) is 4.49. The molecule has 0 aromatic heterocycles. The molecule has 0 radical (unpaired) electrons. The number of benzene rings is 1. The predicted octanol–water partition coefficient (Wildman–Crippen LogP) is 2.45. The molecule has 1 amide bonds. The summed E-state index contributed by atoms with van der Waals surface area (Å²) in [6.45, 7) is 5.68. The zero-order valence-corrected chi connectivity index (χ0v) is 10.5. The lowest BCUT2D eigenvalue weighted by Gasteiger charge is -2.18. The topological polar surface area (TPSA) is 52.9 Å². The van der Waals surface area contributed by atoms with E-state index >= 15 is 0 Å². The maximum atomic E-state index is 12.0. The van der Waals surface area contributed by atoms with E-state index in [4.69, 9.17) is 5.26 Å². The van der Waals surface area contributed by atoms with Crippen LogP contribution in [0.25, 0.3) is 0 Å². The first-order chi connectivity index (χ1) is 8.06. The van der Waals surface area contributed by atoms with Crippen molar-refractivity contribution in [3.8, 4) is 6.07 Å². The van der Waals surface area contributed by atoms with Gasteiger partial charge in [-0.05, 0) is 18.4 Å². The largest absolute Gasteiger partial charge is 0.340 e. The highest BCUT2D eigenvalue weighted by Crippen LogP contribution is 2.15. The lowest BCUT2D eigenvalue weighted by molar-refractivity contribution is -0.122. The van der Waals surface area contributed by atoms with Crippen LogP contribution in [0, 0.1) is 17.2 Å². The van der Waals surface area contributed by atoms with E-state index in [0.29, 0.717) is 0 Å². The minimum atomic E-state index is -0.423. The lowest BCUT2D eigenvalue weighted by Crippen LogP contribution is -2.39. The van der Waals surface area contributed by atoms with Crippen LogP contribution >= 0.6 is 0 Å². The Kier molecular flexibility index (Phi) is 4.71. The Balaban J connectivity index is 2.69. The third kappa shape index (κ3) is 3.60. The fourth-order valence-electron chi connectivity index (χ4n) is 1.52. The van der Waals surface area contributed by atoms with Gasteiger partial charge in [-0.1, -0.05) is 44.2 Å². The monoisotopic (exact) mass is 230 g/mol. The Morgan fingerprint density at radius 1 is 1.24 bits per heavy atom. The number of hydrogen-bond acceptors (Lipinski definition) is 2. The first-order valence-electron chi connectivity index (χ1n) is 5.81. The second-order valence-electron chi connectivity index (χ2n) is 4.49. The Labute approximate surface area is 102 Å². The van der Waals surface area contributed by atoms with Gasteiger partial charge in [-0.15, -0.1) is 0 Å².